The number of rotatable bonds is 7. The molecule has 4 aliphatic carbocycles. The Morgan fingerprint density at radius 1 is 1.13 bits per heavy atom. The highest BCUT2D eigenvalue weighted by Crippen LogP contribution is 2.55. The maximum absolute atomic E-state index is 13.7. The standard InChI is InChI=1S/C21H34ClFN4O3/c1-2-13-8-25-17(9-24-13)19(29)27-21-6-5-20(11-21,12-21)26-18(28)10-30-14-3-4-15(22)16(23)7-14/h13-17,24-25H,2-12H2,1H3,(H,26,28)(H,27,29). The molecule has 5 aliphatic rings. The fraction of sp³-hybridized carbons (Fsp3) is 0.905. The summed E-state index contributed by atoms with van der Waals surface area (Å²) < 4.78 is 19.3. The van der Waals surface area contributed by atoms with Crippen molar-refractivity contribution in [2.24, 2.45) is 0 Å². The number of hydrogen-bond acceptors (Lipinski definition) is 5. The highest BCUT2D eigenvalue weighted by Gasteiger charge is 2.62. The Balaban J connectivity index is 1.18. The molecular formula is C21H34ClFN4O3. The molecule has 5 fully saturated rings. The molecule has 30 heavy (non-hydrogen) atoms. The van der Waals surface area contributed by atoms with E-state index in [-0.39, 0.29) is 48.1 Å². The van der Waals surface area contributed by atoms with Gasteiger partial charge in [-0.2, -0.15) is 0 Å². The first-order valence-electron chi connectivity index (χ1n) is 11.3. The first-order chi connectivity index (χ1) is 14.3. The molecule has 0 aromatic rings. The van der Waals surface area contributed by atoms with Crippen molar-refractivity contribution in [1.29, 1.82) is 0 Å². The predicted octanol–water partition coefficient (Wildman–Crippen LogP) is 1.14. The largest absolute Gasteiger partial charge is 0.368 e. The van der Waals surface area contributed by atoms with E-state index in [9.17, 15) is 14.0 Å². The van der Waals surface area contributed by atoms with Crippen molar-refractivity contribution in [3.05, 3.63) is 0 Å². The first kappa shape index (κ1) is 22.2. The Bertz CT molecular complexity index is 652. The van der Waals surface area contributed by atoms with Crippen LogP contribution in [0.5, 0.6) is 0 Å². The van der Waals surface area contributed by atoms with Gasteiger partial charge in [0.15, 0.2) is 0 Å². The Morgan fingerprint density at radius 3 is 2.50 bits per heavy atom. The van der Waals surface area contributed by atoms with Crippen LogP contribution in [0.2, 0.25) is 0 Å². The summed E-state index contributed by atoms with van der Waals surface area (Å²) in [5, 5.41) is 12.6. The monoisotopic (exact) mass is 444 g/mol. The van der Waals surface area contributed by atoms with Crippen LogP contribution in [0, 0.1) is 0 Å². The molecule has 1 aliphatic heterocycles. The minimum atomic E-state index is -1.07. The Hall–Kier alpha value is -0.960. The summed E-state index contributed by atoms with van der Waals surface area (Å²) in [6.07, 6.45) is 4.50. The maximum atomic E-state index is 13.7. The van der Waals surface area contributed by atoms with Crippen molar-refractivity contribution in [1.82, 2.24) is 21.3 Å². The van der Waals surface area contributed by atoms with Crippen molar-refractivity contribution >= 4 is 23.4 Å². The number of carbonyl (C=O) groups excluding carboxylic acids is 2. The van der Waals surface area contributed by atoms with Gasteiger partial charge in [-0.3, -0.25) is 9.59 Å². The third-order valence-electron chi connectivity index (χ3n) is 7.35. The van der Waals surface area contributed by atoms with Crippen molar-refractivity contribution < 1.29 is 18.7 Å². The minimum Gasteiger partial charge on any atom is -0.368 e. The van der Waals surface area contributed by atoms with Crippen molar-refractivity contribution in [2.45, 2.75) is 99.1 Å². The lowest BCUT2D eigenvalue weighted by Gasteiger charge is -2.48. The van der Waals surface area contributed by atoms with Gasteiger partial charge in [0.2, 0.25) is 11.8 Å². The molecule has 5 rings (SSSR count). The van der Waals surface area contributed by atoms with Crippen LogP contribution >= 0.6 is 11.6 Å². The average molecular weight is 445 g/mol. The molecule has 4 N–H and O–H groups in total. The molecule has 2 bridgehead atoms. The number of hydrogen-bond donors (Lipinski definition) is 4. The Kier molecular flexibility index (Phi) is 6.59. The molecule has 0 radical (unpaired) electrons. The smallest absolute Gasteiger partial charge is 0.246 e. The molecule has 0 aromatic carbocycles. The normalized spacial score (nSPS) is 43.0. The van der Waals surface area contributed by atoms with E-state index in [0.717, 1.165) is 38.6 Å². The van der Waals surface area contributed by atoms with Crippen LogP contribution in [0.1, 0.15) is 58.3 Å². The molecule has 1 saturated heterocycles. The zero-order valence-electron chi connectivity index (χ0n) is 17.6. The molecule has 170 valence electrons. The molecule has 0 spiro atoms. The Labute approximate surface area is 182 Å². The summed E-state index contributed by atoms with van der Waals surface area (Å²) in [6, 6.07) is 0.219. The van der Waals surface area contributed by atoms with E-state index < -0.39 is 11.5 Å². The second kappa shape index (κ2) is 8.88. The molecule has 1 heterocycles. The molecule has 5 atom stereocenters. The van der Waals surface area contributed by atoms with Crippen LogP contribution in [0.25, 0.3) is 0 Å². The second-order valence-electron chi connectivity index (χ2n) is 9.70. The van der Waals surface area contributed by atoms with Gasteiger partial charge in [0.25, 0.3) is 0 Å². The van der Waals surface area contributed by atoms with Gasteiger partial charge in [-0.1, -0.05) is 6.92 Å². The molecule has 2 amide bonds. The van der Waals surface area contributed by atoms with E-state index in [0.29, 0.717) is 25.4 Å². The third kappa shape index (κ3) is 4.76. The summed E-state index contributed by atoms with van der Waals surface area (Å²) in [5.41, 5.74) is -0.440. The molecular weight excluding hydrogens is 411 g/mol. The number of halogens is 2. The van der Waals surface area contributed by atoms with Gasteiger partial charge in [0, 0.05) is 36.6 Å². The predicted molar refractivity (Wildman–Crippen MR) is 112 cm³/mol. The third-order valence-corrected chi connectivity index (χ3v) is 7.85. The zero-order valence-corrected chi connectivity index (χ0v) is 18.4. The number of nitrogens with one attached hydrogen (secondary N) is 4. The number of amides is 2. The highest BCUT2D eigenvalue weighted by atomic mass is 35.5. The van der Waals surface area contributed by atoms with Crippen LogP contribution in [-0.2, 0) is 14.3 Å². The van der Waals surface area contributed by atoms with Gasteiger partial charge in [0.05, 0.1) is 17.5 Å². The SMILES string of the molecule is CCC1CNC(C(=O)NC23CCC(NC(=O)COC4CCC(Cl)C(F)C4)(C2)C3)CN1. The van der Waals surface area contributed by atoms with Crippen molar-refractivity contribution in [3.8, 4) is 0 Å². The summed E-state index contributed by atoms with van der Waals surface area (Å²) in [6.45, 7) is 3.52. The summed E-state index contributed by atoms with van der Waals surface area (Å²) in [5.74, 6) is -0.123. The molecule has 0 aromatic heterocycles. The summed E-state index contributed by atoms with van der Waals surface area (Å²) >= 11 is 5.90. The molecule has 7 nitrogen and oxygen atoms in total. The van der Waals surface area contributed by atoms with Crippen LogP contribution in [0.3, 0.4) is 0 Å². The van der Waals surface area contributed by atoms with E-state index in [1.807, 2.05) is 0 Å². The maximum Gasteiger partial charge on any atom is 0.246 e. The van der Waals surface area contributed by atoms with E-state index in [4.69, 9.17) is 16.3 Å². The van der Waals surface area contributed by atoms with Crippen LogP contribution in [0.15, 0.2) is 0 Å². The number of piperazine rings is 1. The highest BCUT2D eigenvalue weighted by molar-refractivity contribution is 6.21. The fourth-order valence-electron chi connectivity index (χ4n) is 5.63. The van der Waals surface area contributed by atoms with Crippen LogP contribution in [-0.4, -0.2) is 72.3 Å². The lowest BCUT2D eigenvalue weighted by atomic mass is 9.71. The van der Waals surface area contributed by atoms with Crippen molar-refractivity contribution in [2.75, 3.05) is 19.7 Å². The average Bonchev–Trinajstić information content (AvgIpc) is 3.23. The molecule has 5 unspecified atom stereocenters. The quantitative estimate of drug-likeness (QED) is 0.442. The van der Waals surface area contributed by atoms with Gasteiger partial charge in [-0.15, -0.1) is 11.6 Å². The number of ether oxygens (including phenoxy) is 1. The molecule has 9 heteroatoms. The molecule has 4 saturated carbocycles. The summed E-state index contributed by atoms with van der Waals surface area (Å²) in [4.78, 5) is 25.1. The van der Waals surface area contributed by atoms with Crippen LogP contribution in [0.4, 0.5) is 4.39 Å². The van der Waals surface area contributed by atoms with E-state index in [2.05, 4.69) is 28.2 Å². The Morgan fingerprint density at radius 2 is 1.87 bits per heavy atom. The fourth-order valence-corrected chi connectivity index (χ4v) is 5.86. The van der Waals surface area contributed by atoms with Crippen LogP contribution < -0.4 is 21.3 Å². The zero-order chi connectivity index (χ0) is 21.4. The van der Waals surface area contributed by atoms with E-state index in [1.165, 1.54) is 0 Å². The van der Waals surface area contributed by atoms with Gasteiger partial charge >= 0.3 is 0 Å². The van der Waals surface area contributed by atoms with Gasteiger partial charge in [-0.05, 0) is 44.9 Å². The lowest BCUT2D eigenvalue weighted by molar-refractivity contribution is -0.132. The lowest BCUT2D eigenvalue weighted by Crippen LogP contribution is -2.68. The van der Waals surface area contributed by atoms with E-state index in [1.54, 1.807) is 0 Å². The topological polar surface area (TPSA) is 91.5 Å². The van der Waals surface area contributed by atoms with E-state index >= 15 is 0 Å². The van der Waals surface area contributed by atoms with Gasteiger partial charge in [-0.25, -0.2) is 4.39 Å². The van der Waals surface area contributed by atoms with Crippen molar-refractivity contribution in [3.63, 3.8) is 0 Å². The van der Waals surface area contributed by atoms with Gasteiger partial charge in [0.1, 0.15) is 12.8 Å². The summed E-state index contributed by atoms with van der Waals surface area (Å²) in [7, 11) is 0. The number of alkyl halides is 2. The first-order valence-corrected chi connectivity index (χ1v) is 11.8. The number of carbonyl (C=O) groups is 2. The second-order valence-corrected chi connectivity index (χ2v) is 10.3. The van der Waals surface area contributed by atoms with Gasteiger partial charge < -0.3 is 26.0 Å². The minimum absolute atomic E-state index is 0.0397. The number of fused-ring (bicyclic) bond motifs is 1.